The number of aliphatic hydroxyl groups is 1. The van der Waals surface area contributed by atoms with Crippen molar-refractivity contribution in [2.24, 2.45) is 11.3 Å². The lowest BCUT2D eigenvalue weighted by Crippen LogP contribution is -2.50. The van der Waals surface area contributed by atoms with Crippen LogP contribution < -0.4 is 9.80 Å². The van der Waals surface area contributed by atoms with Gasteiger partial charge in [0.05, 0.1) is 0 Å². The Kier molecular flexibility index (Phi) is 7.94. The summed E-state index contributed by atoms with van der Waals surface area (Å²) in [4.78, 5) is 31.0. The van der Waals surface area contributed by atoms with E-state index in [0.29, 0.717) is 24.3 Å². The number of hydrogen-bond acceptors (Lipinski definition) is 5. The van der Waals surface area contributed by atoms with Gasteiger partial charge in [0.15, 0.2) is 0 Å². The first-order chi connectivity index (χ1) is 19.7. The maximum absolute atomic E-state index is 14.8. The van der Waals surface area contributed by atoms with Crippen molar-refractivity contribution >= 4 is 34.8 Å². The molecule has 11 heteroatoms. The Labute approximate surface area is 249 Å². The molecule has 7 nitrogen and oxygen atoms in total. The van der Waals surface area contributed by atoms with Crippen LogP contribution in [0, 0.1) is 24.1 Å². The predicted molar refractivity (Wildman–Crippen MR) is 156 cm³/mol. The molecule has 0 saturated carbocycles. The Balaban J connectivity index is 1.15. The van der Waals surface area contributed by atoms with Gasteiger partial charge >= 0.3 is 11.8 Å². The van der Waals surface area contributed by atoms with Gasteiger partial charge in [-0.3, -0.25) is 14.5 Å². The third-order valence-electron chi connectivity index (χ3n) is 9.24. The fraction of sp³-hybridized carbons (Fsp3) is 0.548. The van der Waals surface area contributed by atoms with Gasteiger partial charge < -0.3 is 19.8 Å². The largest absolute Gasteiger partial charge is 0.385 e. The molecule has 3 fully saturated rings. The minimum atomic E-state index is -3.86. The average molecular weight is 607 g/mol. The Hall–Kier alpha value is -2.98. The molecule has 2 aromatic rings. The van der Waals surface area contributed by atoms with Gasteiger partial charge in [-0.1, -0.05) is 18.5 Å². The Morgan fingerprint density at radius 1 is 1.02 bits per heavy atom. The summed E-state index contributed by atoms with van der Waals surface area (Å²) in [6.07, 6.45) is 4.31. The number of alkyl halides is 2. The van der Waals surface area contributed by atoms with Crippen LogP contribution in [0.1, 0.15) is 54.9 Å². The quantitative estimate of drug-likeness (QED) is 0.346. The first-order valence-electron chi connectivity index (χ1n) is 14.4. The molecule has 1 atom stereocenters. The molecule has 0 bridgehead atoms. The second-order valence-electron chi connectivity index (χ2n) is 12.6. The second kappa shape index (κ2) is 10.9. The van der Waals surface area contributed by atoms with E-state index in [9.17, 15) is 27.9 Å². The summed E-state index contributed by atoms with van der Waals surface area (Å²) in [6.45, 7) is 6.50. The molecule has 0 radical (unpaired) electrons. The highest BCUT2D eigenvalue weighted by molar-refractivity contribution is 6.30. The molecule has 42 heavy (non-hydrogen) atoms. The molecular weight excluding hydrogens is 569 g/mol. The smallest absolute Gasteiger partial charge is 0.372 e. The average Bonchev–Trinajstić information content (AvgIpc) is 3.40. The molecule has 0 aliphatic carbocycles. The molecule has 2 amide bonds. The Morgan fingerprint density at radius 3 is 2.24 bits per heavy atom. The first-order valence-corrected chi connectivity index (χ1v) is 14.8. The topological polar surface area (TPSA) is 67.1 Å². The Bertz CT molecular complexity index is 1350. The molecule has 0 spiro atoms. The van der Waals surface area contributed by atoms with Gasteiger partial charge in [0, 0.05) is 62.2 Å². The van der Waals surface area contributed by atoms with Crippen molar-refractivity contribution in [3.63, 3.8) is 0 Å². The number of nitrogens with zero attached hydrogens (tertiary/aromatic N) is 4. The monoisotopic (exact) mass is 606 g/mol. The van der Waals surface area contributed by atoms with Crippen LogP contribution in [-0.4, -0.2) is 78.8 Å². The highest BCUT2D eigenvalue weighted by atomic mass is 35.5. The van der Waals surface area contributed by atoms with Crippen LogP contribution in [0.2, 0.25) is 5.02 Å². The van der Waals surface area contributed by atoms with Crippen molar-refractivity contribution in [2.45, 2.75) is 57.7 Å². The van der Waals surface area contributed by atoms with Crippen molar-refractivity contribution in [1.82, 2.24) is 9.80 Å². The number of aryl methyl sites for hydroxylation is 1. The zero-order valence-electron chi connectivity index (χ0n) is 24.5. The number of hydrogen-bond donors (Lipinski definition) is 1. The molecular formula is C31H38ClF3N4O3. The van der Waals surface area contributed by atoms with Crippen LogP contribution in [0.4, 0.5) is 24.5 Å². The fourth-order valence-corrected chi connectivity index (χ4v) is 6.85. The van der Waals surface area contributed by atoms with Crippen LogP contribution >= 0.6 is 11.6 Å². The molecule has 3 aliphatic heterocycles. The molecule has 228 valence electrons. The zero-order valence-corrected chi connectivity index (χ0v) is 25.2. The van der Waals surface area contributed by atoms with Crippen molar-refractivity contribution in [2.75, 3.05) is 50.1 Å². The number of carbonyl (C=O) groups excluding carboxylic acids is 2. The Morgan fingerprint density at radius 2 is 1.67 bits per heavy atom. The molecule has 0 unspecified atom stereocenters. The highest BCUT2D eigenvalue weighted by Crippen LogP contribution is 2.57. The molecule has 5 rings (SSSR count). The standard InChI is InChI=1S/C31H38ClF3N4O3/c1-20-15-24(5-6-26(20)27(40)36(3)4)37-11-7-21(8-12-37)19-29(2)9-13-38(14-10-29)28(41)30(42)31(34,35)39(30)25-17-22(32)16-23(33)18-25/h5-6,15-18,21,42H,7-14,19H2,1-4H3/t30-,39?/m0/s1. The van der Waals surface area contributed by atoms with Crippen LogP contribution in [0.25, 0.3) is 0 Å². The third-order valence-corrected chi connectivity index (χ3v) is 9.46. The highest BCUT2D eigenvalue weighted by Gasteiger charge is 2.85. The predicted octanol–water partition coefficient (Wildman–Crippen LogP) is 5.53. The van der Waals surface area contributed by atoms with Gasteiger partial charge in [-0.05, 0) is 92.3 Å². The fourth-order valence-electron chi connectivity index (χ4n) is 6.63. The van der Waals surface area contributed by atoms with Gasteiger partial charge in [0.1, 0.15) is 5.82 Å². The first kappa shape index (κ1) is 30.5. The molecule has 3 aliphatic rings. The lowest BCUT2D eigenvalue weighted by Gasteiger charge is -2.43. The van der Waals surface area contributed by atoms with E-state index >= 15 is 0 Å². The number of benzene rings is 2. The van der Waals surface area contributed by atoms with Gasteiger partial charge in [0.25, 0.3) is 11.8 Å². The van der Waals surface area contributed by atoms with E-state index in [1.165, 1.54) is 4.90 Å². The van der Waals surface area contributed by atoms with Crippen LogP contribution in [0.5, 0.6) is 0 Å². The lowest BCUT2D eigenvalue weighted by atomic mass is 9.71. The van der Waals surface area contributed by atoms with E-state index in [1.807, 2.05) is 19.1 Å². The van der Waals surface area contributed by atoms with Crippen molar-refractivity contribution in [3.8, 4) is 0 Å². The number of anilines is 2. The van der Waals surface area contributed by atoms with Gasteiger partial charge in [-0.25, -0.2) is 4.39 Å². The number of halogens is 4. The zero-order chi connectivity index (χ0) is 30.6. The lowest BCUT2D eigenvalue weighted by molar-refractivity contribution is -0.151. The minimum Gasteiger partial charge on any atom is -0.372 e. The van der Waals surface area contributed by atoms with Crippen LogP contribution in [-0.2, 0) is 4.79 Å². The number of rotatable bonds is 6. The number of carbonyl (C=O) groups is 2. The minimum absolute atomic E-state index is 0.00688. The summed E-state index contributed by atoms with van der Waals surface area (Å²) in [5.41, 5.74) is -0.663. The van der Waals surface area contributed by atoms with Crippen molar-refractivity contribution in [3.05, 3.63) is 58.4 Å². The summed E-state index contributed by atoms with van der Waals surface area (Å²) >= 11 is 5.81. The van der Waals surface area contributed by atoms with Crippen molar-refractivity contribution in [1.29, 1.82) is 0 Å². The number of piperidine rings is 2. The third kappa shape index (κ3) is 5.43. The SMILES string of the molecule is Cc1cc(N2CCC(CC3(C)CCN(C(=O)[C@@]4(O)N(c5cc(F)cc(Cl)c5)C4(F)F)CC3)CC2)ccc1C(=O)N(C)C. The normalized spacial score (nSPS) is 23.6. The summed E-state index contributed by atoms with van der Waals surface area (Å²) in [6, 6.07) is 5.02. The van der Waals surface area contributed by atoms with Gasteiger partial charge in [-0.15, -0.1) is 0 Å². The molecule has 1 N–H and O–H groups in total. The van der Waals surface area contributed by atoms with E-state index in [1.54, 1.807) is 19.0 Å². The summed E-state index contributed by atoms with van der Waals surface area (Å²) in [5, 5.41) is 10.7. The van der Waals surface area contributed by atoms with Crippen LogP contribution in [0.15, 0.2) is 36.4 Å². The summed E-state index contributed by atoms with van der Waals surface area (Å²) in [7, 11) is 3.49. The van der Waals surface area contributed by atoms with E-state index in [2.05, 4.69) is 17.9 Å². The van der Waals surface area contributed by atoms with E-state index in [-0.39, 0.29) is 40.0 Å². The number of likely N-dealkylation sites (tertiary alicyclic amines) is 1. The van der Waals surface area contributed by atoms with Gasteiger partial charge in [-0.2, -0.15) is 8.78 Å². The van der Waals surface area contributed by atoms with Crippen LogP contribution in [0.3, 0.4) is 0 Å². The van der Waals surface area contributed by atoms with E-state index < -0.39 is 23.5 Å². The summed E-state index contributed by atoms with van der Waals surface area (Å²) < 4.78 is 43.3. The molecule has 3 heterocycles. The summed E-state index contributed by atoms with van der Waals surface area (Å²) in [5.74, 6) is -1.40. The van der Waals surface area contributed by atoms with E-state index in [4.69, 9.17) is 11.6 Å². The number of amides is 2. The van der Waals surface area contributed by atoms with Gasteiger partial charge in [0.2, 0.25) is 0 Å². The van der Waals surface area contributed by atoms with E-state index in [0.717, 1.165) is 61.8 Å². The van der Waals surface area contributed by atoms with Crippen molar-refractivity contribution < 1.29 is 27.9 Å². The molecule has 2 aromatic carbocycles. The second-order valence-corrected chi connectivity index (χ2v) is 13.0. The maximum Gasteiger partial charge on any atom is 0.385 e. The maximum atomic E-state index is 14.8. The molecule has 0 aromatic heterocycles. The molecule has 3 saturated heterocycles.